The Morgan fingerprint density at radius 1 is 1.12 bits per heavy atom. The van der Waals surface area contributed by atoms with Gasteiger partial charge in [-0.3, -0.25) is 18.7 Å². The van der Waals surface area contributed by atoms with Crippen LogP contribution in [0.25, 0.3) is 0 Å². The van der Waals surface area contributed by atoms with E-state index in [9.17, 15) is 19.6 Å². The van der Waals surface area contributed by atoms with Gasteiger partial charge in [-0.2, -0.15) is 5.26 Å². The number of amides is 1. The Kier molecular flexibility index (Phi) is 4.15. The monoisotopic (exact) mass is 339 g/mol. The van der Waals surface area contributed by atoms with E-state index >= 15 is 0 Å². The van der Waals surface area contributed by atoms with Crippen LogP contribution < -0.4 is 21.5 Å². The maximum absolute atomic E-state index is 12.7. The number of nitrogens with one attached hydrogen (secondary N) is 1. The Bertz CT molecular complexity index is 984. The number of rotatable bonds is 3. The van der Waals surface area contributed by atoms with E-state index in [1.54, 1.807) is 4.90 Å². The molecule has 1 unspecified atom stereocenters. The molecule has 8 nitrogen and oxygen atoms in total. The predicted octanol–water partition coefficient (Wildman–Crippen LogP) is 0.173. The fourth-order valence-corrected chi connectivity index (χ4v) is 2.96. The van der Waals surface area contributed by atoms with Gasteiger partial charge < -0.3 is 10.2 Å². The molecule has 0 aliphatic carbocycles. The molecule has 2 heterocycles. The zero-order valence-electron chi connectivity index (χ0n) is 13.9. The molecule has 0 saturated carbocycles. The number of anilines is 2. The molecule has 8 heteroatoms. The minimum atomic E-state index is -0.682. The van der Waals surface area contributed by atoms with Gasteiger partial charge in [0.15, 0.2) is 5.56 Å². The first kappa shape index (κ1) is 16.5. The average Bonchev–Trinajstić information content (AvgIpc) is 2.99. The summed E-state index contributed by atoms with van der Waals surface area (Å²) in [6.07, 6.45) is 0.502. The Morgan fingerprint density at radius 2 is 1.80 bits per heavy atom. The SMILES string of the molecule is Cn1c(NC2CCN(c3ccccc3)C2=O)c(C#N)c(=O)n(C)c1=O. The first-order valence-corrected chi connectivity index (χ1v) is 7.78. The molecule has 25 heavy (non-hydrogen) atoms. The van der Waals surface area contributed by atoms with Crippen LogP contribution in [0.2, 0.25) is 0 Å². The Balaban J connectivity index is 1.95. The molecule has 1 aromatic heterocycles. The number of benzene rings is 1. The number of para-hydroxylation sites is 1. The van der Waals surface area contributed by atoms with Crippen molar-refractivity contribution in [2.45, 2.75) is 12.5 Å². The van der Waals surface area contributed by atoms with Gasteiger partial charge in [0.2, 0.25) is 5.91 Å². The predicted molar refractivity (Wildman–Crippen MR) is 92.5 cm³/mol. The van der Waals surface area contributed by atoms with Gasteiger partial charge >= 0.3 is 5.69 Å². The molecule has 1 fully saturated rings. The van der Waals surface area contributed by atoms with Gasteiger partial charge in [-0.1, -0.05) is 18.2 Å². The molecule has 2 aromatic rings. The molecule has 1 aliphatic heterocycles. The fourth-order valence-electron chi connectivity index (χ4n) is 2.96. The molecule has 0 radical (unpaired) electrons. The van der Waals surface area contributed by atoms with Crippen molar-refractivity contribution >= 4 is 17.4 Å². The topological polar surface area (TPSA) is 100 Å². The highest BCUT2D eigenvalue weighted by atomic mass is 16.2. The summed E-state index contributed by atoms with van der Waals surface area (Å²) < 4.78 is 2.05. The van der Waals surface area contributed by atoms with Crippen LogP contribution in [0.5, 0.6) is 0 Å². The van der Waals surface area contributed by atoms with Crippen LogP contribution in [-0.2, 0) is 18.9 Å². The quantitative estimate of drug-likeness (QED) is 0.859. The number of nitriles is 1. The van der Waals surface area contributed by atoms with Crippen LogP contribution in [0, 0.1) is 11.3 Å². The number of carbonyl (C=O) groups excluding carboxylic acids is 1. The van der Waals surface area contributed by atoms with Gasteiger partial charge in [-0.25, -0.2) is 4.79 Å². The molecule has 1 N–H and O–H groups in total. The van der Waals surface area contributed by atoms with Gasteiger partial charge in [-0.15, -0.1) is 0 Å². The fraction of sp³-hybridized carbons (Fsp3) is 0.294. The molecular weight excluding hydrogens is 322 g/mol. The minimum Gasteiger partial charge on any atom is -0.358 e. The van der Waals surface area contributed by atoms with Crippen LogP contribution in [0.15, 0.2) is 39.9 Å². The van der Waals surface area contributed by atoms with Gasteiger partial charge in [0, 0.05) is 26.3 Å². The Morgan fingerprint density at radius 3 is 2.44 bits per heavy atom. The average molecular weight is 339 g/mol. The smallest absolute Gasteiger partial charge is 0.332 e. The van der Waals surface area contributed by atoms with Crippen molar-refractivity contribution in [3.05, 3.63) is 56.7 Å². The van der Waals surface area contributed by atoms with Crippen LogP contribution in [0.4, 0.5) is 11.5 Å². The number of hydrogen-bond acceptors (Lipinski definition) is 5. The zero-order valence-corrected chi connectivity index (χ0v) is 13.9. The lowest BCUT2D eigenvalue weighted by Crippen LogP contribution is -2.42. The molecule has 3 rings (SSSR count). The number of aromatic nitrogens is 2. The molecule has 1 aromatic carbocycles. The molecule has 0 bridgehead atoms. The Labute approximate surface area is 143 Å². The van der Waals surface area contributed by atoms with E-state index in [0.29, 0.717) is 13.0 Å². The third-order valence-corrected chi connectivity index (χ3v) is 4.36. The maximum Gasteiger partial charge on any atom is 0.332 e. The molecule has 0 spiro atoms. The molecule has 1 aliphatic rings. The van der Waals surface area contributed by atoms with Gasteiger partial charge in [0.05, 0.1) is 0 Å². The number of hydrogen-bond donors (Lipinski definition) is 1. The summed E-state index contributed by atoms with van der Waals surface area (Å²) in [5.74, 6) is -0.0907. The van der Waals surface area contributed by atoms with Gasteiger partial charge in [0.1, 0.15) is 17.9 Å². The van der Waals surface area contributed by atoms with E-state index in [1.807, 2.05) is 36.4 Å². The van der Waals surface area contributed by atoms with E-state index in [1.165, 1.54) is 18.7 Å². The van der Waals surface area contributed by atoms with Crippen molar-refractivity contribution in [3.8, 4) is 6.07 Å². The van der Waals surface area contributed by atoms with Gasteiger partial charge in [0.25, 0.3) is 5.56 Å². The summed E-state index contributed by atoms with van der Waals surface area (Å²) in [6, 6.07) is 10.5. The normalized spacial score (nSPS) is 16.8. The van der Waals surface area contributed by atoms with Crippen LogP contribution >= 0.6 is 0 Å². The first-order valence-electron chi connectivity index (χ1n) is 7.78. The second-order valence-electron chi connectivity index (χ2n) is 5.85. The highest BCUT2D eigenvalue weighted by Crippen LogP contribution is 2.23. The first-order chi connectivity index (χ1) is 12.0. The molecule has 1 atom stereocenters. The summed E-state index contributed by atoms with van der Waals surface area (Å²) in [4.78, 5) is 38.5. The highest BCUT2D eigenvalue weighted by Gasteiger charge is 2.33. The second-order valence-corrected chi connectivity index (χ2v) is 5.85. The number of carbonyl (C=O) groups is 1. The summed E-state index contributed by atoms with van der Waals surface area (Å²) in [6.45, 7) is 0.515. The zero-order chi connectivity index (χ0) is 18.1. The Hall–Kier alpha value is -3.34. The maximum atomic E-state index is 12.7. The lowest BCUT2D eigenvalue weighted by Gasteiger charge is -2.19. The van der Waals surface area contributed by atoms with Crippen molar-refractivity contribution in [2.75, 3.05) is 16.8 Å². The van der Waals surface area contributed by atoms with Crippen LogP contribution in [0.3, 0.4) is 0 Å². The highest BCUT2D eigenvalue weighted by molar-refractivity contribution is 6.01. The van der Waals surface area contributed by atoms with E-state index < -0.39 is 17.3 Å². The summed E-state index contributed by atoms with van der Waals surface area (Å²) in [5.41, 5.74) is -0.638. The molecule has 128 valence electrons. The third-order valence-electron chi connectivity index (χ3n) is 4.36. The van der Waals surface area contributed by atoms with Crippen molar-refractivity contribution < 1.29 is 4.79 Å². The molecular formula is C17H17N5O3. The molecule has 1 amide bonds. The number of nitrogens with zero attached hydrogens (tertiary/aromatic N) is 4. The largest absolute Gasteiger partial charge is 0.358 e. The second kappa shape index (κ2) is 6.28. The van der Waals surface area contributed by atoms with Crippen LogP contribution in [-0.4, -0.2) is 27.6 Å². The van der Waals surface area contributed by atoms with E-state index in [4.69, 9.17) is 0 Å². The van der Waals surface area contributed by atoms with Crippen molar-refractivity contribution in [1.82, 2.24) is 9.13 Å². The van der Waals surface area contributed by atoms with Crippen molar-refractivity contribution in [2.24, 2.45) is 14.1 Å². The standard InChI is InChI=1S/C17H17N5O3/c1-20-14(12(10-18)15(23)21(2)17(20)25)19-13-8-9-22(16(13)24)11-6-4-3-5-7-11/h3-7,13,19H,8-9H2,1-2H3. The van der Waals surface area contributed by atoms with E-state index in [-0.39, 0.29) is 17.3 Å². The van der Waals surface area contributed by atoms with Crippen molar-refractivity contribution in [3.63, 3.8) is 0 Å². The lowest BCUT2D eigenvalue weighted by molar-refractivity contribution is -0.117. The van der Waals surface area contributed by atoms with E-state index in [2.05, 4.69) is 5.32 Å². The minimum absolute atomic E-state index is 0.0730. The van der Waals surface area contributed by atoms with Crippen LogP contribution in [0.1, 0.15) is 12.0 Å². The summed E-state index contributed by atoms with van der Waals surface area (Å²) in [5, 5.41) is 12.2. The summed E-state index contributed by atoms with van der Waals surface area (Å²) in [7, 11) is 2.77. The third kappa shape index (κ3) is 2.70. The molecule has 1 saturated heterocycles. The lowest BCUT2D eigenvalue weighted by atomic mass is 10.2. The van der Waals surface area contributed by atoms with E-state index in [0.717, 1.165) is 10.3 Å². The van der Waals surface area contributed by atoms with Gasteiger partial charge in [-0.05, 0) is 18.6 Å². The van der Waals surface area contributed by atoms with Crippen molar-refractivity contribution in [1.29, 1.82) is 5.26 Å². The summed E-state index contributed by atoms with van der Waals surface area (Å²) >= 11 is 0.